The average Bonchev–Trinajstić information content (AvgIpc) is 2.95. The quantitative estimate of drug-likeness (QED) is 0.786. The fourth-order valence-electron chi connectivity index (χ4n) is 2.25. The van der Waals surface area contributed by atoms with Crippen LogP contribution in [0.4, 0.5) is 10.2 Å². The number of nitrogens with one attached hydrogen (secondary N) is 1. The summed E-state index contributed by atoms with van der Waals surface area (Å²) in [6, 6.07) is 10.3. The van der Waals surface area contributed by atoms with Gasteiger partial charge in [0.15, 0.2) is 5.65 Å². The van der Waals surface area contributed by atoms with Crippen LogP contribution in [-0.4, -0.2) is 46.7 Å². The molecule has 0 amide bonds. The van der Waals surface area contributed by atoms with Crippen molar-refractivity contribution in [2.75, 3.05) is 32.5 Å². The summed E-state index contributed by atoms with van der Waals surface area (Å²) in [6.45, 7) is 1.66. The molecule has 0 spiro atoms. The monoisotopic (exact) mass is 299 g/mol. The zero-order valence-corrected chi connectivity index (χ0v) is 12.6. The van der Waals surface area contributed by atoms with E-state index in [0.29, 0.717) is 16.9 Å². The largest absolute Gasteiger partial charge is 0.369 e. The molecule has 0 saturated carbocycles. The Balaban J connectivity index is 2.00. The molecular formula is C16H18FN5. The van der Waals surface area contributed by atoms with Crippen molar-refractivity contribution in [3.8, 4) is 11.3 Å². The van der Waals surface area contributed by atoms with E-state index in [-0.39, 0.29) is 5.82 Å². The lowest BCUT2D eigenvalue weighted by Crippen LogP contribution is -2.21. The molecule has 0 aliphatic rings. The molecule has 22 heavy (non-hydrogen) atoms. The van der Waals surface area contributed by atoms with Crippen molar-refractivity contribution in [1.82, 2.24) is 19.5 Å². The summed E-state index contributed by atoms with van der Waals surface area (Å²) < 4.78 is 15.7. The van der Waals surface area contributed by atoms with Gasteiger partial charge in [-0.3, -0.25) is 0 Å². The lowest BCUT2D eigenvalue weighted by molar-refractivity contribution is 0.425. The van der Waals surface area contributed by atoms with Crippen LogP contribution in [0.2, 0.25) is 0 Å². The Morgan fingerprint density at radius 2 is 2.05 bits per heavy atom. The Morgan fingerprint density at radius 3 is 2.82 bits per heavy atom. The van der Waals surface area contributed by atoms with Gasteiger partial charge in [-0.15, -0.1) is 0 Å². The first-order chi connectivity index (χ1) is 10.6. The Labute approximate surface area is 128 Å². The molecule has 3 rings (SSSR count). The highest BCUT2D eigenvalue weighted by atomic mass is 19.1. The number of aromatic nitrogens is 3. The molecule has 0 aliphatic carbocycles. The van der Waals surface area contributed by atoms with Gasteiger partial charge in [-0.25, -0.2) is 9.37 Å². The fourth-order valence-corrected chi connectivity index (χ4v) is 2.25. The normalized spacial score (nSPS) is 11.3. The molecule has 0 aliphatic heterocycles. The first-order valence-corrected chi connectivity index (χ1v) is 7.13. The van der Waals surface area contributed by atoms with Gasteiger partial charge in [0.1, 0.15) is 11.6 Å². The molecule has 0 unspecified atom stereocenters. The van der Waals surface area contributed by atoms with Crippen LogP contribution in [0, 0.1) is 5.82 Å². The van der Waals surface area contributed by atoms with Crippen molar-refractivity contribution < 1.29 is 4.39 Å². The second-order valence-corrected chi connectivity index (χ2v) is 5.34. The molecular weight excluding hydrogens is 281 g/mol. The van der Waals surface area contributed by atoms with Gasteiger partial charge in [-0.1, -0.05) is 12.1 Å². The topological polar surface area (TPSA) is 45.5 Å². The third-order valence-corrected chi connectivity index (χ3v) is 3.37. The number of likely N-dealkylation sites (N-methyl/N-ethyl adjacent to an activating group) is 1. The first-order valence-electron chi connectivity index (χ1n) is 7.13. The molecule has 0 fully saturated rings. The van der Waals surface area contributed by atoms with Gasteiger partial charge in [0.25, 0.3) is 0 Å². The van der Waals surface area contributed by atoms with Gasteiger partial charge in [-0.05, 0) is 26.2 Å². The van der Waals surface area contributed by atoms with Crippen LogP contribution in [0.1, 0.15) is 0 Å². The lowest BCUT2D eigenvalue weighted by atomic mass is 10.1. The summed E-state index contributed by atoms with van der Waals surface area (Å²) in [4.78, 5) is 6.57. The van der Waals surface area contributed by atoms with Crippen LogP contribution in [0.3, 0.4) is 0 Å². The van der Waals surface area contributed by atoms with Gasteiger partial charge in [0, 0.05) is 30.8 Å². The minimum Gasteiger partial charge on any atom is -0.369 e. The second kappa shape index (κ2) is 6.11. The maximum Gasteiger partial charge on any atom is 0.157 e. The minimum absolute atomic E-state index is 0.280. The Morgan fingerprint density at radius 1 is 1.23 bits per heavy atom. The molecule has 3 aromatic rings. The number of fused-ring (bicyclic) bond motifs is 1. The number of halogens is 1. The van der Waals surface area contributed by atoms with Crippen molar-refractivity contribution >= 4 is 11.5 Å². The number of rotatable bonds is 5. The molecule has 2 aromatic heterocycles. The van der Waals surface area contributed by atoms with Gasteiger partial charge in [0.05, 0.1) is 11.9 Å². The molecule has 0 bridgehead atoms. The average molecular weight is 299 g/mol. The second-order valence-electron chi connectivity index (χ2n) is 5.34. The van der Waals surface area contributed by atoms with E-state index in [4.69, 9.17) is 0 Å². The van der Waals surface area contributed by atoms with Crippen LogP contribution in [0.5, 0.6) is 0 Å². The van der Waals surface area contributed by atoms with Gasteiger partial charge >= 0.3 is 0 Å². The third kappa shape index (κ3) is 2.92. The van der Waals surface area contributed by atoms with Gasteiger partial charge < -0.3 is 10.2 Å². The number of hydrogen-bond donors (Lipinski definition) is 1. The molecule has 114 valence electrons. The highest BCUT2D eigenvalue weighted by Crippen LogP contribution is 2.24. The number of hydrogen-bond acceptors (Lipinski definition) is 4. The van der Waals surface area contributed by atoms with E-state index < -0.39 is 0 Å². The molecule has 0 saturated heterocycles. The molecule has 6 heteroatoms. The Hall–Kier alpha value is -2.47. The van der Waals surface area contributed by atoms with Crippen LogP contribution < -0.4 is 5.32 Å². The molecule has 1 aromatic carbocycles. The van der Waals surface area contributed by atoms with E-state index in [1.807, 2.05) is 26.2 Å². The van der Waals surface area contributed by atoms with E-state index in [0.717, 1.165) is 18.9 Å². The summed E-state index contributed by atoms with van der Waals surface area (Å²) in [6.07, 6.45) is 1.69. The van der Waals surface area contributed by atoms with Crippen molar-refractivity contribution in [2.45, 2.75) is 0 Å². The summed E-state index contributed by atoms with van der Waals surface area (Å²) in [5.41, 5.74) is 1.77. The predicted molar refractivity (Wildman–Crippen MR) is 85.4 cm³/mol. The van der Waals surface area contributed by atoms with Crippen molar-refractivity contribution in [2.24, 2.45) is 0 Å². The number of benzene rings is 1. The SMILES string of the molecule is CN(C)CCNc1cc(-c2ccccc2F)nc2ccnn12. The number of nitrogens with zero attached hydrogens (tertiary/aromatic N) is 4. The van der Waals surface area contributed by atoms with E-state index in [1.165, 1.54) is 6.07 Å². The van der Waals surface area contributed by atoms with Crippen LogP contribution >= 0.6 is 0 Å². The van der Waals surface area contributed by atoms with Crippen LogP contribution in [0.25, 0.3) is 16.9 Å². The molecule has 0 atom stereocenters. The molecule has 1 N–H and O–H groups in total. The Bertz CT molecular complexity index is 781. The van der Waals surface area contributed by atoms with Crippen LogP contribution in [0.15, 0.2) is 42.6 Å². The van der Waals surface area contributed by atoms with Crippen molar-refractivity contribution in [1.29, 1.82) is 0 Å². The number of anilines is 1. The first kappa shape index (κ1) is 14.5. The lowest BCUT2D eigenvalue weighted by Gasteiger charge is -2.13. The highest BCUT2D eigenvalue weighted by molar-refractivity contribution is 5.66. The minimum atomic E-state index is -0.280. The van der Waals surface area contributed by atoms with E-state index in [9.17, 15) is 4.39 Å². The van der Waals surface area contributed by atoms with Crippen molar-refractivity contribution in [3.05, 3.63) is 48.4 Å². The van der Waals surface area contributed by atoms with E-state index in [2.05, 4.69) is 20.3 Å². The maximum atomic E-state index is 14.0. The summed E-state index contributed by atoms with van der Waals surface area (Å²) in [5, 5.41) is 7.59. The predicted octanol–water partition coefficient (Wildman–Crippen LogP) is 2.51. The molecule has 5 nitrogen and oxygen atoms in total. The van der Waals surface area contributed by atoms with Gasteiger partial charge in [-0.2, -0.15) is 9.61 Å². The Kier molecular flexibility index (Phi) is 4.02. The standard InChI is InChI=1S/C16H18FN5/c1-21(2)10-9-18-16-11-14(12-5-3-4-6-13(12)17)20-15-7-8-19-22(15)16/h3-8,11,18H,9-10H2,1-2H3. The maximum absolute atomic E-state index is 14.0. The smallest absolute Gasteiger partial charge is 0.157 e. The van der Waals surface area contributed by atoms with Crippen LogP contribution in [-0.2, 0) is 0 Å². The molecule has 0 radical (unpaired) electrons. The zero-order valence-electron chi connectivity index (χ0n) is 12.6. The highest BCUT2D eigenvalue weighted by Gasteiger charge is 2.11. The fraction of sp³-hybridized carbons (Fsp3) is 0.250. The summed E-state index contributed by atoms with van der Waals surface area (Å²) >= 11 is 0. The molecule has 2 heterocycles. The van der Waals surface area contributed by atoms with E-state index >= 15 is 0 Å². The third-order valence-electron chi connectivity index (χ3n) is 3.37. The van der Waals surface area contributed by atoms with E-state index in [1.54, 1.807) is 28.9 Å². The summed E-state index contributed by atoms with van der Waals surface area (Å²) in [7, 11) is 4.03. The van der Waals surface area contributed by atoms with Gasteiger partial charge in [0.2, 0.25) is 0 Å². The summed E-state index contributed by atoms with van der Waals surface area (Å²) in [5.74, 6) is 0.521. The van der Waals surface area contributed by atoms with Crippen molar-refractivity contribution in [3.63, 3.8) is 0 Å². The zero-order chi connectivity index (χ0) is 15.5.